The lowest BCUT2D eigenvalue weighted by Gasteiger charge is -2.24. The van der Waals surface area contributed by atoms with E-state index < -0.39 is 0 Å². The zero-order valence-corrected chi connectivity index (χ0v) is 18.6. The van der Waals surface area contributed by atoms with Gasteiger partial charge in [-0.2, -0.15) is 0 Å². The van der Waals surface area contributed by atoms with E-state index in [4.69, 9.17) is 10.7 Å². The normalized spacial score (nSPS) is 15.7. The second kappa shape index (κ2) is 7.85. The maximum atomic E-state index is 12.8. The van der Waals surface area contributed by atoms with Crippen molar-refractivity contribution in [2.24, 2.45) is 0 Å². The summed E-state index contributed by atoms with van der Waals surface area (Å²) >= 11 is 4.77. The van der Waals surface area contributed by atoms with Gasteiger partial charge in [0, 0.05) is 21.2 Å². The molecule has 1 aliphatic carbocycles. The number of pyridine rings is 1. The van der Waals surface area contributed by atoms with Gasteiger partial charge in [-0.3, -0.25) is 4.79 Å². The summed E-state index contributed by atoms with van der Waals surface area (Å²) in [6.45, 7) is 0. The minimum Gasteiger partial charge on any atom is -0.397 e. The summed E-state index contributed by atoms with van der Waals surface area (Å²) in [7, 11) is 0. The first kappa shape index (κ1) is 19.3. The van der Waals surface area contributed by atoms with Gasteiger partial charge < -0.3 is 11.1 Å². The van der Waals surface area contributed by atoms with Crippen LogP contribution in [0.1, 0.15) is 38.8 Å². The Labute approximate surface area is 187 Å². The molecule has 1 unspecified atom stereocenters. The molecule has 6 heteroatoms. The van der Waals surface area contributed by atoms with Crippen LogP contribution in [0.2, 0.25) is 0 Å². The van der Waals surface area contributed by atoms with Gasteiger partial charge in [-0.25, -0.2) is 4.98 Å². The molecule has 4 nitrogen and oxygen atoms in total. The maximum absolute atomic E-state index is 12.8. The molecule has 2 aromatic heterocycles. The van der Waals surface area contributed by atoms with Crippen molar-refractivity contribution in [1.82, 2.24) is 4.98 Å². The van der Waals surface area contributed by atoms with Gasteiger partial charge in [-0.1, -0.05) is 46.3 Å². The van der Waals surface area contributed by atoms with Crippen LogP contribution >= 0.6 is 27.3 Å². The van der Waals surface area contributed by atoms with Crippen LogP contribution in [0.25, 0.3) is 10.2 Å². The van der Waals surface area contributed by atoms with E-state index in [2.05, 4.69) is 57.6 Å². The Kier molecular flexibility index (Phi) is 5.05. The summed E-state index contributed by atoms with van der Waals surface area (Å²) in [5, 5.41) is 3.81. The third kappa shape index (κ3) is 3.61. The standard InChI is InChI=1S/C24H20BrN3OS/c25-17-7-9-18(10-8-17)27-23(29)22-21(26)19-13-16-12-15(14-4-2-1-3-5-14)6-11-20(16)28-24(19)30-22/h1-5,7-10,13,15H,6,11-12,26H2,(H,27,29). The van der Waals surface area contributed by atoms with E-state index in [-0.39, 0.29) is 5.91 Å². The van der Waals surface area contributed by atoms with Crippen molar-refractivity contribution in [1.29, 1.82) is 0 Å². The highest BCUT2D eigenvalue weighted by Crippen LogP contribution is 2.38. The Morgan fingerprint density at radius 1 is 1.13 bits per heavy atom. The van der Waals surface area contributed by atoms with Crippen LogP contribution < -0.4 is 11.1 Å². The fraction of sp³-hybridized carbons (Fsp3) is 0.167. The van der Waals surface area contributed by atoms with Crippen LogP contribution in [0.3, 0.4) is 0 Å². The number of carbonyl (C=O) groups is 1. The van der Waals surface area contributed by atoms with Gasteiger partial charge in [-0.05, 0) is 66.6 Å². The Balaban J connectivity index is 1.45. The van der Waals surface area contributed by atoms with Crippen LogP contribution in [-0.4, -0.2) is 10.9 Å². The quantitative estimate of drug-likeness (QED) is 0.370. The molecule has 5 rings (SSSR count). The van der Waals surface area contributed by atoms with Gasteiger partial charge in [0.25, 0.3) is 5.91 Å². The number of aryl methyl sites for hydroxylation is 1. The zero-order chi connectivity index (χ0) is 20.7. The van der Waals surface area contributed by atoms with E-state index in [9.17, 15) is 4.79 Å². The second-order valence-electron chi connectivity index (χ2n) is 7.60. The first-order valence-corrected chi connectivity index (χ1v) is 11.5. The molecule has 0 spiro atoms. The number of benzene rings is 2. The Bertz CT molecular complexity index is 1240. The molecule has 1 amide bonds. The summed E-state index contributed by atoms with van der Waals surface area (Å²) < 4.78 is 0.963. The van der Waals surface area contributed by atoms with Crippen molar-refractivity contribution in [2.45, 2.75) is 25.2 Å². The molecule has 2 aromatic carbocycles. The number of rotatable bonds is 3. The molecule has 1 aliphatic rings. The summed E-state index contributed by atoms with van der Waals surface area (Å²) in [4.78, 5) is 19.1. The number of carbonyl (C=O) groups excluding carboxylic acids is 1. The topological polar surface area (TPSA) is 68.0 Å². The van der Waals surface area contributed by atoms with E-state index in [0.29, 0.717) is 16.5 Å². The second-order valence-corrected chi connectivity index (χ2v) is 9.52. The first-order chi connectivity index (χ1) is 14.6. The van der Waals surface area contributed by atoms with Crippen LogP contribution in [0.4, 0.5) is 11.4 Å². The fourth-order valence-corrected chi connectivity index (χ4v) is 5.35. The number of hydrogen-bond donors (Lipinski definition) is 2. The highest BCUT2D eigenvalue weighted by molar-refractivity contribution is 9.10. The third-order valence-corrected chi connectivity index (χ3v) is 7.31. The number of nitrogens with one attached hydrogen (secondary N) is 1. The van der Waals surface area contributed by atoms with E-state index in [1.165, 1.54) is 22.5 Å². The molecule has 150 valence electrons. The molecule has 1 atom stereocenters. The molecule has 0 saturated heterocycles. The molecule has 30 heavy (non-hydrogen) atoms. The lowest BCUT2D eigenvalue weighted by Crippen LogP contribution is -2.14. The Hall–Kier alpha value is -2.70. The van der Waals surface area contributed by atoms with Crippen LogP contribution in [0.15, 0.2) is 65.1 Å². The number of nitrogen functional groups attached to an aromatic ring is 1. The lowest BCUT2D eigenvalue weighted by atomic mass is 9.82. The summed E-state index contributed by atoms with van der Waals surface area (Å²) in [6.07, 6.45) is 2.99. The highest BCUT2D eigenvalue weighted by atomic mass is 79.9. The SMILES string of the molecule is Nc1c(C(=O)Nc2ccc(Br)cc2)sc2nc3c(cc12)CC(c1ccccc1)CC3. The highest BCUT2D eigenvalue weighted by Gasteiger charge is 2.24. The Morgan fingerprint density at radius 2 is 1.90 bits per heavy atom. The van der Waals surface area contributed by atoms with Gasteiger partial charge in [0.2, 0.25) is 0 Å². The summed E-state index contributed by atoms with van der Waals surface area (Å²) in [5.74, 6) is 0.302. The smallest absolute Gasteiger partial charge is 0.267 e. The lowest BCUT2D eigenvalue weighted by molar-refractivity contribution is 0.103. The molecule has 0 saturated carbocycles. The maximum Gasteiger partial charge on any atom is 0.267 e. The zero-order valence-electron chi connectivity index (χ0n) is 16.2. The Morgan fingerprint density at radius 3 is 2.67 bits per heavy atom. The van der Waals surface area contributed by atoms with Crippen molar-refractivity contribution in [2.75, 3.05) is 11.1 Å². The first-order valence-electron chi connectivity index (χ1n) is 9.91. The summed E-state index contributed by atoms with van der Waals surface area (Å²) in [6, 6.07) is 20.3. The molecule has 4 aromatic rings. The predicted octanol–water partition coefficient (Wildman–Crippen LogP) is 6.17. The molecule has 0 bridgehead atoms. The monoisotopic (exact) mass is 477 g/mol. The molecule has 2 heterocycles. The molecule has 0 fully saturated rings. The van der Waals surface area contributed by atoms with Crippen molar-refractivity contribution in [3.8, 4) is 0 Å². The van der Waals surface area contributed by atoms with Gasteiger partial charge in [0.05, 0.1) is 5.69 Å². The van der Waals surface area contributed by atoms with E-state index in [0.717, 1.165) is 45.3 Å². The van der Waals surface area contributed by atoms with Crippen molar-refractivity contribution >= 4 is 54.8 Å². The van der Waals surface area contributed by atoms with Gasteiger partial charge in [-0.15, -0.1) is 11.3 Å². The van der Waals surface area contributed by atoms with Crippen LogP contribution in [0.5, 0.6) is 0 Å². The van der Waals surface area contributed by atoms with Crippen molar-refractivity contribution in [3.05, 3.63) is 86.8 Å². The number of aromatic nitrogens is 1. The predicted molar refractivity (Wildman–Crippen MR) is 127 cm³/mol. The van der Waals surface area contributed by atoms with E-state index in [1.54, 1.807) is 0 Å². The van der Waals surface area contributed by atoms with Gasteiger partial charge in [0.15, 0.2) is 0 Å². The van der Waals surface area contributed by atoms with E-state index >= 15 is 0 Å². The number of fused-ring (bicyclic) bond motifs is 2. The number of nitrogens with zero attached hydrogens (tertiary/aromatic N) is 1. The minimum atomic E-state index is -0.196. The number of nitrogens with two attached hydrogens (primary N) is 1. The average Bonchev–Trinajstić information content (AvgIpc) is 3.09. The molecular weight excluding hydrogens is 458 g/mol. The third-order valence-electron chi connectivity index (χ3n) is 5.66. The minimum absolute atomic E-state index is 0.196. The molecule has 0 radical (unpaired) electrons. The number of halogens is 1. The number of amides is 1. The van der Waals surface area contributed by atoms with Crippen LogP contribution in [-0.2, 0) is 12.8 Å². The number of thiophene rings is 1. The van der Waals surface area contributed by atoms with Crippen molar-refractivity contribution < 1.29 is 4.79 Å². The largest absolute Gasteiger partial charge is 0.397 e. The van der Waals surface area contributed by atoms with E-state index in [1.807, 2.05) is 24.3 Å². The summed E-state index contributed by atoms with van der Waals surface area (Å²) in [5.41, 5.74) is 11.4. The van der Waals surface area contributed by atoms with Crippen molar-refractivity contribution in [3.63, 3.8) is 0 Å². The molecule has 0 aliphatic heterocycles. The average molecular weight is 478 g/mol. The molecular formula is C24H20BrN3OS. The number of hydrogen-bond acceptors (Lipinski definition) is 4. The van der Waals surface area contributed by atoms with Crippen LogP contribution in [0, 0.1) is 0 Å². The van der Waals surface area contributed by atoms with Gasteiger partial charge in [0.1, 0.15) is 9.71 Å². The fourth-order valence-electron chi connectivity index (χ4n) is 4.09. The van der Waals surface area contributed by atoms with Gasteiger partial charge >= 0.3 is 0 Å². The number of anilines is 2. The molecule has 3 N–H and O–H groups in total.